The van der Waals surface area contributed by atoms with Gasteiger partial charge in [-0.3, -0.25) is 0 Å². The summed E-state index contributed by atoms with van der Waals surface area (Å²) in [4.78, 5) is 25.2. The molecule has 0 radical (unpaired) electrons. The summed E-state index contributed by atoms with van der Waals surface area (Å²) in [5.41, 5.74) is 0.458. The van der Waals surface area contributed by atoms with Crippen LogP contribution in [0.2, 0.25) is 0 Å². The predicted molar refractivity (Wildman–Crippen MR) is 87.5 cm³/mol. The Kier molecular flexibility index (Phi) is 6.60. The summed E-state index contributed by atoms with van der Waals surface area (Å²) < 4.78 is 5.52. The van der Waals surface area contributed by atoms with E-state index >= 15 is 0 Å². The summed E-state index contributed by atoms with van der Waals surface area (Å²) in [5, 5.41) is 0. The van der Waals surface area contributed by atoms with Crippen molar-refractivity contribution in [2.45, 2.75) is 59.2 Å². The quantitative estimate of drug-likeness (QED) is 0.745. The molecule has 0 spiro atoms. The Morgan fingerprint density at radius 2 is 1.82 bits per heavy atom. The van der Waals surface area contributed by atoms with Gasteiger partial charge in [0.1, 0.15) is 11.9 Å². The molecule has 1 aromatic rings. The third-order valence-corrected chi connectivity index (χ3v) is 3.33. The van der Waals surface area contributed by atoms with Crippen molar-refractivity contribution in [3.63, 3.8) is 0 Å². The Balaban J connectivity index is 3.02. The van der Waals surface area contributed by atoms with Crippen LogP contribution in [0.15, 0.2) is 30.3 Å². The largest absolute Gasteiger partial charge is 0.444 e. The minimum Gasteiger partial charge on any atom is -0.444 e. The lowest BCUT2D eigenvalue weighted by atomic mass is 9.99. The smallest absolute Gasteiger partial charge is 0.410 e. The molecular weight excluding hydrogens is 278 g/mol. The first-order valence-corrected chi connectivity index (χ1v) is 7.71. The summed E-state index contributed by atoms with van der Waals surface area (Å²) in [6, 6.07) is 9.57. The van der Waals surface area contributed by atoms with Gasteiger partial charge in [0.25, 0.3) is 0 Å². The van der Waals surface area contributed by atoms with Gasteiger partial charge >= 0.3 is 6.09 Å². The second-order valence-electron chi connectivity index (χ2n) is 6.81. The van der Waals surface area contributed by atoms with Gasteiger partial charge in [0, 0.05) is 19.0 Å². The molecular formula is C18H27NO3. The van der Waals surface area contributed by atoms with Crippen LogP contribution in [0.25, 0.3) is 0 Å². The van der Waals surface area contributed by atoms with E-state index in [4.69, 9.17) is 4.74 Å². The highest BCUT2D eigenvalue weighted by atomic mass is 16.6. The molecule has 0 saturated heterocycles. The molecule has 0 bridgehead atoms. The maximum absolute atomic E-state index is 12.6. The van der Waals surface area contributed by atoms with Crippen LogP contribution in [-0.4, -0.2) is 28.9 Å². The highest BCUT2D eigenvalue weighted by molar-refractivity contribution is 5.69. The van der Waals surface area contributed by atoms with Crippen LogP contribution in [0.1, 0.15) is 46.6 Å². The maximum atomic E-state index is 12.6. The van der Waals surface area contributed by atoms with Crippen molar-refractivity contribution in [1.82, 2.24) is 4.90 Å². The van der Waals surface area contributed by atoms with E-state index in [0.717, 1.165) is 11.8 Å². The summed E-state index contributed by atoms with van der Waals surface area (Å²) in [6.07, 6.45) is 0.799. The topological polar surface area (TPSA) is 46.6 Å². The number of benzene rings is 1. The summed E-state index contributed by atoms with van der Waals surface area (Å²) >= 11 is 0. The number of hydrogen-bond acceptors (Lipinski definition) is 3. The molecule has 122 valence electrons. The van der Waals surface area contributed by atoms with E-state index < -0.39 is 5.60 Å². The maximum Gasteiger partial charge on any atom is 0.410 e. The lowest BCUT2D eigenvalue weighted by Gasteiger charge is -2.35. The molecule has 0 saturated carbocycles. The zero-order chi connectivity index (χ0) is 16.8. The van der Waals surface area contributed by atoms with Crippen LogP contribution in [0.4, 0.5) is 4.79 Å². The molecule has 4 nitrogen and oxygen atoms in total. The van der Waals surface area contributed by atoms with E-state index in [1.807, 2.05) is 65.0 Å². The fourth-order valence-electron chi connectivity index (χ4n) is 2.28. The first-order valence-electron chi connectivity index (χ1n) is 7.71. The Morgan fingerprint density at radius 3 is 2.27 bits per heavy atom. The number of aldehydes is 1. The average molecular weight is 305 g/mol. The molecule has 0 fully saturated rings. The molecule has 0 N–H and O–H groups in total. The van der Waals surface area contributed by atoms with Gasteiger partial charge in [-0.15, -0.1) is 0 Å². The fraction of sp³-hybridized carbons (Fsp3) is 0.556. The normalized spacial score (nSPS) is 12.8. The van der Waals surface area contributed by atoms with Gasteiger partial charge in [-0.25, -0.2) is 4.79 Å². The molecule has 0 aliphatic heterocycles. The van der Waals surface area contributed by atoms with E-state index in [1.54, 1.807) is 4.90 Å². The van der Waals surface area contributed by atoms with Crippen molar-refractivity contribution in [2.24, 2.45) is 5.92 Å². The number of amides is 1. The van der Waals surface area contributed by atoms with E-state index in [1.165, 1.54) is 0 Å². The third-order valence-electron chi connectivity index (χ3n) is 3.33. The Bertz CT molecular complexity index is 477. The van der Waals surface area contributed by atoms with Crippen LogP contribution >= 0.6 is 0 Å². The van der Waals surface area contributed by atoms with Crippen LogP contribution < -0.4 is 0 Å². The first kappa shape index (κ1) is 18.2. The van der Waals surface area contributed by atoms with Gasteiger partial charge in [-0.1, -0.05) is 44.2 Å². The minimum atomic E-state index is -0.561. The van der Waals surface area contributed by atoms with Gasteiger partial charge in [0.15, 0.2) is 0 Å². The van der Waals surface area contributed by atoms with E-state index in [-0.39, 0.29) is 18.1 Å². The van der Waals surface area contributed by atoms with Gasteiger partial charge in [-0.2, -0.15) is 0 Å². The predicted octanol–water partition coefficient (Wildman–Crippen LogP) is 4.04. The van der Waals surface area contributed by atoms with Crippen LogP contribution in [-0.2, 0) is 16.1 Å². The number of ether oxygens (including phenoxy) is 1. The molecule has 1 rings (SSSR count). The van der Waals surface area contributed by atoms with Crippen molar-refractivity contribution in [3.05, 3.63) is 35.9 Å². The van der Waals surface area contributed by atoms with Crippen molar-refractivity contribution >= 4 is 12.4 Å². The third kappa shape index (κ3) is 5.88. The van der Waals surface area contributed by atoms with Crippen molar-refractivity contribution in [2.75, 3.05) is 0 Å². The van der Waals surface area contributed by atoms with Crippen molar-refractivity contribution < 1.29 is 14.3 Å². The monoisotopic (exact) mass is 305 g/mol. The van der Waals surface area contributed by atoms with Crippen LogP contribution in [0, 0.1) is 5.92 Å². The standard InChI is InChI=1S/C18H27NO3/c1-14(2)16(11-12-20)19(17(21)22-18(3,4)5)13-15-9-7-6-8-10-15/h6-10,12,14,16H,11,13H2,1-5H3/t16-/m0/s1. The molecule has 4 heteroatoms. The molecule has 0 aromatic heterocycles. The summed E-state index contributed by atoms with van der Waals surface area (Å²) in [5.74, 6) is 0.168. The fourth-order valence-corrected chi connectivity index (χ4v) is 2.28. The number of carbonyl (C=O) groups is 2. The molecule has 22 heavy (non-hydrogen) atoms. The molecule has 0 aliphatic carbocycles. The van der Waals surface area contributed by atoms with Gasteiger partial charge in [0.2, 0.25) is 0 Å². The van der Waals surface area contributed by atoms with Gasteiger partial charge in [-0.05, 0) is 32.3 Å². The number of nitrogens with zero attached hydrogens (tertiary/aromatic N) is 1. The van der Waals surface area contributed by atoms with Crippen LogP contribution in [0.5, 0.6) is 0 Å². The van der Waals surface area contributed by atoms with Gasteiger partial charge < -0.3 is 14.4 Å². The van der Waals surface area contributed by atoms with Gasteiger partial charge in [0.05, 0.1) is 0 Å². The number of carbonyl (C=O) groups excluding carboxylic acids is 2. The average Bonchev–Trinajstić information content (AvgIpc) is 2.41. The molecule has 0 aliphatic rings. The zero-order valence-electron chi connectivity index (χ0n) is 14.2. The zero-order valence-corrected chi connectivity index (χ0v) is 14.2. The van der Waals surface area contributed by atoms with Crippen LogP contribution in [0.3, 0.4) is 0 Å². The van der Waals surface area contributed by atoms with E-state index in [2.05, 4.69) is 0 Å². The molecule has 1 amide bonds. The van der Waals surface area contributed by atoms with Crippen molar-refractivity contribution in [3.8, 4) is 0 Å². The number of hydrogen-bond donors (Lipinski definition) is 0. The van der Waals surface area contributed by atoms with E-state index in [0.29, 0.717) is 13.0 Å². The Morgan fingerprint density at radius 1 is 1.23 bits per heavy atom. The lowest BCUT2D eigenvalue weighted by Crippen LogP contribution is -2.45. The molecule has 1 atom stereocenters. The summed E-state index contributed by atoms with van der Waals surface area (Å²) in [6.45, 7) is 9.99. The summed E-state index contributed by atoms with van der Waals surface area (Å²) in [7, 11) is 0. The highest BCUT2D eigenvalue weighted by Gasteiger charge is 2.30. The minimum absolute atomic E-state index is 0.168. The Hall–Kier alpha value is -1.84. The van der Waals surface area contributed by atoms with E-state index in [9.17, 15) is 9.59 Å². The van der Waals surface area contributed by atoms with Crippen molar-refractivity contribution in [1.29, 1.82) is 0 Å². The second kappa shape index (κ2) is 7.97. The highest BCUT2D eigenvalue weighted by Crippen LogP contribution is 2.21. The SMILES string of the molecule is CC(C)[C@H](CC=O)N(Cc1ccccc1)C(=O)OC(C)(C)C. The number of rotatable bonds is 6. The lowest BCUT2D eigenvalue weighted by molar-refractivity contribution is -0.109. The second-order valence-corrected chi connectivity index (χ2v) is 6.81. The molecule has 1 aromatic carbocycles. The first-order chi connectivity index (χ1) is 10.2. The molecule has 0 unspecified atom stereocenters. The molecule has 0 heterocycles. The Labute approximate surface area is 133 Å².